The fourth-order valence-electron chi connectivity index (χ4n) is 3.76. The molecule has 0 bridgehead atoms. The zero-order valence-electron chi connectivity index (χ0n) is 16.1. The lowest BCUT2D eigenvalue weighted by atomic mass is 9.94. The summed E-state index contributed by atoms with van der Waals surface area (Å²) in [5, 5.41) is 0. The van der Waals surface area contributed by atoms with Crippen LogP contribution in [0.2, 0.25) is 0 Å². The average molecular weight is 372 g/mol. The standard InChI is InChI=1S/C23H24N4O/c1-17-5-2-7-19(11-17)21-14-25-15-22(26-21)20-8-4-10-27(16-20)23(28)12-18-6-3-9-24-13-18/h2-3,5-7,9,11,13-15,20H,4,8,10,12,16H2,1H3. The topological polar surface area (TPSA) is 59.0 Å². The van der Waals surface area contributed by atoms with Crippen molar-refractivity contribution in [1.29, 1.82) is 0 Å². The highest BCUT2D eigenvalue weighted by molar-refractivity contribution is 5.78. The zero-order chi connectivity index (χ0) is 19.3. The van der Waals surface area contributed by atoms with Crippen molar-refractivity contribution in [2.45, 2.75) is 32.1 Å². The molecule has 1 amide bonds. The van der Waals surface area contributed by atoms with Gasteiger partial charge in [-0.25, -0.2) is 4.98 Å². The third-order valence-electron chi connectivity index (χ3n) is 5.24. The van der Waals surface area contributed by atoms with Gasteiger partial charge in [0.05, 0.1) is 24.0 Å². The first-order valence-electron chi connectivity index (χ1n) is 9.75. The van der Waals surface area contributed by atoms with E-state index in [0.29, 0.717) is 13.0 Å². The minimum absolute atomic E-state index is 0.153. The Morgan fingerprint density at radius 2 is 2.07 bits per heavy atom. The van der Waals surface area contributed by atoms with Gasteiger partial charge in [0.25, 0.3) is 0 Å². The Morgan fingerprint density at radius 1 is 1.14 bits per heavy atom. The molecule has 1 aliphatic rings. The molecule has 5 heteroatoms. The Hall–Kier alpha value is -3.08. The van der Waals surface area contributed by atoms with Crippen molar-refractivity contribution in [3.63, 3.8) is 0 Å². The highest BCUT2D eigenvalue weighted by Crippen LogP contribution is 2.27. The number of hydrogen-bond acceptors (Lipinski definition) is 4. The summed E-state index contributed by atoms with van der Waals surface area (Å²) in [5.74, 6) is 0.379. The van der Waals surface area contributed by atoms with Crippen LogP contribution >= 0.6 is 0 Å². The molecule has 0 aliphatic carbocycles. The van der Waals surface area contributed by atoms with Crippen molar-refractivity contribution in [1.82, 2.24) is 19.9 Å². The SMILES string of the molecule is Cc1cccc(-c2cncc(C3CCCN(C(=O)Cc4cccnc4)C3)n2)c1. The number of aryl methyl sites for hydroxylation is 1. The van der Waals surface area contributed by atoms with Gasteiger partial charge in [0.15, 0.2) is 0 Å². The fraction of sp³-hybridized carbons (Fsp3) is 0.304. The summed E-state index contributed by atoms with van der Waals surface area (Å²) in [6.07, 6.45) is 9.56. The summed E-state index contributed by atoms with van der Waals surface area (Å²) in [4.78, 5) is 28.1. The molecule has 0 N–H and O–H groups in total. The van der Waals surface area contributed by atoms with Crippen molar-refractivity contribution >= 4 is 5.91 Å². The molecular weight excluding hydrogens is 348 g/mol. The number of rotatable bonds is 4. The molecule has 3 heterocycles. The van der Waals surface area contributed by atoms with Gasteiger partial charge in [-0.2, -0.15) is 0 Å². The van der Waals surface area contributed by atoms with Gasteiger partial charge in [0, 0.05) is 43.2 Å². The lowest BCUT2D eigenvalue weighted by Gasteiger charge is -2.32. The van der Waals surface area contributed by atoms with Crippen LogP contribution in [-0.4, -0.2) is 38.8 Å². The zero-order valence-corrected chi connectivity index (χ0v) is 16.1. The monoisotopic (exact) mass is 372 g/mol. The van der Waals surface area contributed by atoms with E-state index in [4.69, 9.17) is 4.98 Å². The molecule has 5 nitrogen and oxygen atoms in total. The number of likely N-dealkylation sites (tertiary alicyclic amines) is 1. The molecule has 1 atom stereocenters. The molecule has 4 rings (SSSR count). The normalized spacial score (nSPS) is 16.8. The Balaban J connectivity index is 1.49. The Morgan fingerprint density at radius 3 is 2.89 bits per heavy atom. The van der Waals surface area contributed by atoms with E-state index in [-0.39, 0.29) is 11.8 Å². The second-order valence-corrected chi connectivity index (χ2v) is 7.42. The molecule has 1 saturated heterocycles. The predicted octanol–water partition coefficient (Wildman–Crippen LogP) is 3.80. The Labute approximate surface area is 165 Å². The largest absolute Gasteiger partial charge is 0.342 e. The van der Waals surface area contributed by atoms with Crippen LogP contribution in [0.3, 0.4) is 0 Å². The van der Waals surface area contributed by atoms with Gasteiger partial charge in [-0.3, -0.25) is 14.8 Å². The average Bonchev–Trinajstić information content (AvgIpc) is 2.75. The van der Waals surface area contributed by atoms with Crippen molar-refractivity contribution in [2.75, 3.05) is 13.1 Å². The van der Waals surface area contributed by atoms with Crippen LogP contribution in [0.5, 0.6) is 0 Å². The van der Waals surface area contributed by atoms with E-state index in [1.54, 1.807) is 12.4 Å². The van der Waals surface area contributed by atoms with Crippen LogP contribution in [0, 0.1) is 6.92 Å². The van der Waals surface area contributed by atoms with Gasteiger partial charge in [-0.1, -0.05) is 29.8 Å². The van der Waals surface area contributed by atoms with Gasteiger partial charge in [0.2, 0.25) is 5.91 Å². The number of piperidine rings is 1. The molecule has 1 fully saturated rings. The van der Waals surface area contributed by atoms with Crippen molar-refractivity contribution in [2.24, 2.45) is 0 Å². The van der Waals surface area contributed by atoms with Gasteiger partial charge >= 0.3 is 0 Å². The first kappa shape index (κ1) is 18.3. The van der Waals surface area contributed by atoms with E-state index in [2.05, 4.69) is 35.1 Å². The maximum atomic E-state index is 12.7. The summed E-state index contributed by atoms with van der Waals surface area (Å²) >= 11 is 0. The number of carbonyl (C=O) groups is 1. The summed E-state index contributed by atoms with van der Waals surface area (Å²) in [7, 11) is 0. The van der Waals surface area contributed by atoms with Gasteiger partial charge in [0.1, 0.15) is 0 Å². The molecule has 142 valence electrons. The molecule has 1 aromatic carbocycles. The van der Waals surface area contributed by atoms with Crippen molar-refractivity contribution in [3.8, 4) is 11.3 Å². The molecule has 0 saturated carbocycles. The lowest BCUT2D eigenvalue weighted by Crippen LogP contribution is -2.40. The Bertz CT molecular complexity index is 958. The Kier molecular flexibility index (Phi) is 5.42. The minimum atomic E-state index is 0.153. The summed E-state index contributed by atoms with van der Waals surface area (Å²) in [6.45, 7) is 3.58. The highest BCUT2D eigenvalue weighted by atomic mass is 16.2. The third kappa shape index (κ3) is 4.25. The van der Waals surface area contributed by atoms with Gasteiger partial charge in [-0.05, 0) is 37.5 Å². The van der Waals surface area contributed by atoms with Crippen LogP contribution in [0.1, 0.15) is 35.6 Å². The molecule has 0 radical (unpaired) electrons. The van der Waals surface area contributed by atoms with Crippen LogP contribution in [0.4, 0.5) is 0 Å². The molecule has 1 unspecified atom stereocenters. The number of carbonyl (C=O) groups excluding carboxylic acids is 1. The smallest absolute Gasteiger partial charge is 0.227 e. The maximum absolute atomic E-state index is 12.7. The second kappa shape index (κ2) is 8.30. The quantitative estimate of drug-likeness (QED) is 0.699. The van der Waals surface area contributed by atoms with E-state index in [9.17, 15) is 4.79 Å². The third-order valence-corrected chi connectivity index (χ3v) is 5.24. The van der Waals surface area contributed by atoms with Gasteiger partial charge in [-0.15, -0.1) is 0 Å². The van der Waals surface area contributed by atoms with Crippen molar-refractivity contribution < 1.29 is 4.79 Å². The number of aromatic nitrogens is 3. The van der Waals surface area contributed by atoms with Crippen LogP contribution < -0.4 is 0 Å². The van der Waals surface area contributed by atoms with E-state index in [1.807, 2.05) is 35.5 Å². The lowest BCUT2D eigenvalue weighted by molar-refractivity contribution is -0.131. The molecule has 1 aliphatic heterocycles. The first-order chi connectivity index (χ1) is 13.7. The fourth-order valence-corrected chi connectivity index (χ4v) is 3.76. The minimum Gasteiger partial charge on any atom is -0.342 e. The summed E-state index contributed by atoms with van der Waals surface area (Å²) in [6, 6.07) is 12.1. The molecule has 2 aromatic heterocycles. The summed E-state index contributed by atoms with van der Waals surface area (Å²) in [5.41, 5.74) is 5.10. The highest BCUT2D eigenvalue weighted by Gasteiger charge is 2.26. The first-order valence-corrected chi connectivity index (χ1v) is 9.75. The molecule has 0 spiro atoms. The molecule has 3 aromatic rings. The number of amides is 1. The number of benzene rings is 1. The maximum Gasteiger partial charge on any atom is 0.227 e. The van der Waals surface area contributed by atoms with E-state index >= 15 is 0 Å². The molecular formula is C23H24N4O. The predicted molar refractivity (Wildman–Crippen MR) is 109 cm³/mol. The number of pyridine rings is 1. The van der Waals surface area contributed by atoms with Crippen LogP contribution in [0.25, 0.3) is 11.3 Å². The van der Waals surface area contributed by atoms with Crippen LogP contribution in [0.15, 0.2) is 61.2 Å². The molecule has 28 heavy (non-hydrogen) atoms. The van der Waals surface area contributed by atoms with Crippen molar-refractivity contribution in [3.05, 3.63) is 78.0 Å². The van der Waals surface area contributed by atoms with E-state index in [0.717, 1.165) is 41.9 Å². The van der Waals surface area contributed by atoms with Crippen LogP contribution in [-0.2, 0) is 11.2 Å². The number of hydrogen-bond donors (Lipinski definition) is 0. The number of nitrogens with zero attached hydrogens (tertiary/aromatic N) is 4. The second-order valence-electron chi connectivity index (χ2n) is 7.42. The van der Waals surface area contributed by atoms with Gasteiger partial charge < -0.3 is 4.90 Å². The van der Waals surface area contributed by atoms with E-state index < -0.39 is 0 Å². The summed E-state index contributed by atoms with van der Waals surface area (Å²) < 4.78 is 0. The van der Waals surface area contributed by atoms with E-state index in [1.165, 1.54) is 5.56 Å².